The molecule has 1 atom stereocenters. The Kier molecular flexibility index (Phi) is 6.64. The number of methoxy groups -OCH3 is 2. The summed E-state index contributed by atoms with van der Waals surface area (Å²) in [5, 5.41) is 6.72. The van der Waals surface area contributed by atoms with Crippen LogP contribution in [0, 0.1) is 5.92 Å². The summed E-state index contributed by atoms with van der Waals surface area (Å²) in [4.78, 5) is 16.7. The van der Waals surface area contributed by atoms with Gasteiger partial charge in [-0.1, -0.05) is 28.1 Å². The largest absolute Gasteiger partial charge is 0.500 e. The van der Waals surface area contributed by atoms with Crippen LogP contribution in [0.1, 0.15) is 6.42 Å². The number of anilines is 1. The van der Waals surface area contributed by atoms with Gasteiger partial charge in [0.1, 0.15) is 17.2 Å². The highest BCUT2D eigenvalue weighted by Crippen LogP contribution is 2.30. The number of nitrogens with zero attached hydrogens (tertiary/aromatic N) is 1. The molecule has 0 radical (unpaired) electrons. The van der Waals surface area contributed by atoms with E-state index in [0.717, 1.165) is 15.9 Å². The van der Waals surface area contributed by atoms with Gasteiger partial charge in [-0.3, -0.25) is 4.79 Å². The number of allylic oxidation sites excluding steroid dienone is 4. The Labute approximate surface area is 177 Å². The molecule has 8 heteroatoms. The van der Waals surface area contributed by atoms with E-state index in [1.807, 2.05) is 36.4 Å². The molecule has 1 aromatic rings. The molecule has 0 spiro atoms. The number of carbonyl (C=O) groups excluding carboxylic acids is 1. The van der Waals surface area contributed by atoms with Crippen molar-refractivity contribution in [1.29, 1.82) is 0 Å². The second kappa shape index (κ2) is 9.16. The first kappa shape index (κ1) is 20.3. The van der Waals surface area contributed by atoms with Crippen LogP contribution in [0.15, 0.2) is 69.1 Å². The molecule has 0 saturated carbocycles. The van der Waals surface area contributed by atoms with Gasteiger partial charge < -0.3 is 20.1 Å². The summed E-state index contributed by atoms with van der Waals surface area (Å²) in [6, 6.07) is 7.71. The Morgan fingerprint density at radius 2 is 2.11 bits per heavy atom. The molecule has 146 valence electrons. The molecule has 1 aliphatic heterocycles. The van der Waals surface area contributed by atoms with E-state index in [1.165, 1.54) is 0 Å². The first-order chi connectivity index (χ1) is 13.5. The van der Waals surface area contributed by atoms with Crippen molar-refractivity contribution in [3.8, 4) is 0 Å². The van der Waals surface area contributed by atoms with Gasteiger partial charge in [0.25, 0.3) is 5.91 Å². The number of halogens is 1. The van der Waals surface area contributed by atoms with Crippen LogP contribution in [0.3, 0.4) is 0 Å². The summed E-state index contributed by atoms with van der Waals surface area (Å²) < 4.78 is 11.7. The molecule has 2 aliphatic rings. The Morgan fingerprint density at radius 3 is 2.82 bits per heavy atom. The van der Waals surface area contributed by atoms with E-state index in [0.29, 0.717) is 35.1 Å². The number of dihydropyridines is 1. The minimum atomic E-state index is -0.265. The zero-order valence-electron chi connectivity index (χ0n) is 15.5. The van der Waals surface area contributed by atoms with Crippen molar-refractivity contribution in [2.45, 2.75) is 6.42 Å². The number of amides is 1. The number of hydrogen-bond acceptors (Lipinski definition) is 4. The molecule has 2 N–H and O–H groups in total. The lowest BCUT2D eigenvalue weighted by Crippen LogP contribution is -2.31. The van der Waals surface area contributed by atoms with E-state index in [4.69, 9.17) is 21.7 Å². The highest BCUT2D eigenvalue weighted by molar-refractivity contribution is 9.10. The number of aliphatic imine (C=N–C) groups is 1. The Hall–Kier alpha value is -2.45. The van der Waals surface area contributed by atoms with Crippen LogP contribution in [-0.2, 0) is 14.3 Å². The Balaban J connectivity index is 1.60. The predicted octanol–water partition coefficient (Wildman–Crippen LogP) is 3.72. The van der Waals surface area contributed by atoms with Crippen molar-refractivity contribution in [3.05, 3.63) is 64.1 Å². The molecule has 1 aliphatic carbocycles. The van der Waals surface area contributed by atoms with Crippen molar-refractivity contribution < 1.29 is 14.3 Å². The van der Waals surface area contributed by atoms with Gasteiger partial charge in [0, 0.05) is 22.3 Å². The zero-order valence-corrected chi connectivity index (χ0v) is 17.9. The molecule has 6 nitrogen and oxygen atoms in total. The number of fused-ring (bicyclic) bond motifs is 1. The van der Waals surface area contributed by atoms with Gasteiger partial charge in [-0.25, -0.2) is 4.99 Å². The van der Waals surface area contributed by atoms with Crippen LogP contribution < -0.4 is 10.6 Å². The van der Waals surface area contributed by atoms with Crippen LogP contribution in [0.4, 0.5) is 5.69 Å². The first-order valence-corrected chi connectivity index (χ1v) is 9.86. The minimum Gasteiger partial charge on any atom is -0.500 e. The first-order valence-electron chi connectivity index (χ1n) is 8.66. The maximum absolute atomic E-state index is 12.4. The van der Waals surface area contributed by atoms with Gasteiger partial charge in [-0.15, -0.1) is 0 Å². The quantitative estimate of drug-likeness (QED) is 0.628. The number of hydrogen-bond donors (Lipinski definition) is 2. The third-order valence-corrected chi connectivity index (χ3v) is 5.07. The summed E-state index contributed by atoms with van der Waals surface area (Å²) in [5.74, 6) is 0.819. The van der Waals surface area contributed by atoms with Crippen molar-refractivity contribution in [2.24, 2.45) is 10.9 Å². The third-order valence-electron chi connectivity index (χ3n) is 4.34. The van der Waals surface area contributed by atoms with E-state index in [9.17, 15) is 4.79 Å². The summed E-state index contributed by atoms with van der Waals surface area (Å²) in [6.45, 7) is 0.508. The topological polar surface area (TPSA) is 72.0 Å². The fourth-order valence-electron chi connectivity index (χ4n) is 2.98. The van der Waals surface area contributed by atoms with E-state index in [-0.39, 0.29) is 11.8 Å². The van der Waals surface area contributed by atoms with Crippen molar-refractivity contribution in [3.63, 3.8) is 0 Å². The smallest absolute Gasteiger partial charge is 0.273 e. The number of nitrogens with one attached hydrogen (secondary N) is 2. The number of benzene rings is 1. The lowest BCUT2D eigenvalue weighted by Gasteiger charge is -2.26. The highest BCUT2D eigenvalue weighted by Gasteiger charge is 2.32. The summed E-state index contributed by atoms with van der Waals surface area (Å²) in [5.41, 5.74) is 2.08. The third kappa shape index (κ3) is 4.69. The molecule has 0 aromatic heterocycles. The zero-order chi connectivity index (χ0) is 20.1. The lowest BCUT2D eigenvalue weighted by atomic mass is 9.89. The van der Waals surface area contributed by atoms with Gasteiger partial charge in [0.15, 0.2) is 5.11 Å². The van der Waals surface area contributed by atoms with E-state index in [1.54, 1.807) is 20.3 Å². The van der Waals surface area contributed by atoms with Crippen molar-refractivity contribution in [1.82, 2.24) is 5.32 Å². The van der Waals surface area contributed by atoms with Crippen LogP contribution >= 0.6 is 28.1 Å². The van der Waals surface area contributed by atoms with Gasteiger partial charge >= 0.3 is 0 Å². The maximum atomic E-state index is 12.4. The van der Waals surface area contributed by atoms with Crippen LogP contribution in [0.25, 0.3) is 0 Å². The number of thiocarbonyl (C=S) groups is 1. The SMILES string of the molecule is COC1=CC=C(OC)C2C=C(CCNC(=S)Nc3cccc(Br)c3)C(=O)N=C12. The molecule has 0 saturated heterocycles. The number of carbonyl (C=O) groups is 1. The summed E-state index contributed by atoms with van der Waals surface area (Å²) in [6.07, 6.45) is 5.98. The summed E-state index contributed by atoms with van der Waals surface area (Å²) in [7, 11) is 3.16. The molecule has 1 amide bonds. The molecule has 0 fully saturated rings. The highest BCUT2D eigenvalue weighted by atomic mass is 79.9. The molecule has 28 heavy (non-hydrogen) atoms. The molecule has 1 unspecified atom stereocenters. The Bertz CT molecular complexity index is 921. The second-order valence-electron chi connectivity index (χ2n) is 6.12. The van der Waals surface area contributed by atoms with Gasteiger partial charge in [0.05, 0.1) is 20.1 Å². The average Bonchev–Trinajstić information content (AvgIpc) is 2.67. The monoisotopic (exact) mass is 461 g/mol. The number of rotatable bonds is 6. The molecule has 3 rings (SSSR count). The maximum Gasteiger partial charge on any atom is 0.273 e. The van der Waals surface area contributed by atoms with Crippen LogP contribution in [-0.4, -0.2) is 37.5 Å². The lowest BCUT2D eigenvalue weighted by molar-refractivity contribution is -0.114. The predicted molar refractivity (Wildman–Crippen MR) is 117 cm³/mol. The number of ether oxygens (including phenoxy) is 2. The molecule has 0 bridgehead atoms. The molecule has 1 aromatic carbocycles. The Morgan fingerprint density at radius 1 is 1.29 bits per heavy atom. The molecular weight excluding hydrogens is 442 g/mol. The molecule has 1 heterocycles. The second-order valence-corrected chi connectivity index (χ2v) is 7.45. The van der Waals surface area contributed by atoms with E-state index < -0.39 is 0 Å². The van der Waals surface area contributed by atoms with E-state index in [2.05, 4.69) is 31.6 Å². The van der Waals surface area contributed by atoms with Crippen molar-refractivity contribution >= 4 is 50.6 Å². The normalized spacial score (nSPS) is 18.1. The molecular formula is C20H20BrN3O3S. The minimum absolute atomic E-state index is 0.218. The van der Waals surface area contributed by atoms with Gasteiger partial charge in [0.2, 0.25) is 0 Å². The van der Waals surface area contributed by atoms with Gasteiger partial charge in [-0.2, -0.15) is 0 Å². The summed E-state index contributed by atoms with van der Waals surface area (Å²) >= 11 is 8.74. The van der Waals surface area contributed by atoms with Gasteiger partial charge in [-0.05, 0) is 49.0 Å². The van der Waals surface area contributed by atoms with Crippen molar-refractivity contribution in [2.75, 3.05) is 26.1 Å². The average molecular weight is 462 g/mol. The standard InChI is InChI=1S/C20H20BrN3O3S/c1-26-16-6-7-17(27-2)18-15(16)10-12(19(25)24-18)8-9-22-20(28)23-14-5-3-4-13(21)11-14/h3-7,10-11,15H,8-9H2,1-2H3,(H2,22,23,28). The fourth-order valence-corrected chi connectivity index (χ4v) is 3.60. The van der Waals surface area contributed by atoms with E-state index >= 15 is 0 Å². The fraction of sp³-hybridized carbons (Fsp3) is 0.250. The van der Waals surface area contributed by atoms with Crippen LogP contribution in [0.2, 0.25) is 0 Å². The van der Waals surface area contributed by atoms with Crippen LogP contribution in [0.5, 0.6) is 0 Å².